The van der Waals surface area contributed by atoms with Gasteiger partial charge in [-0.05, 0) is 24.6 Å². The van der Waals surface area contributed by atoms with Gasteiger partial charge in [-0.2, -0.15) is 0 Å². The SMILES string of the molecule is COc1cc(C)c(-c2cc(=O)c3c(OC)c(OC)c(OC)c(OC)c3o2)cc1OC. The van der Waals surface area contributed by atoms with Gasteiger partial charge in [0.1, 0.15) is 11.1 Å². The maximum atomic E-state index is 13.1. The highest BCUT2D eigenvalue weighted by Crippen LogP contribution is 2.50. The van der Waals surface area contributed by atoms with E-state index < -0.39 is 0 Å². The summed E-state index contributed by atoms with van der Waals surface area (Å²) in [6.07, 6.45) is 0. The molecule has 0 aliphatic rings. The molecule has 1 heterocycles. The Morgan fingerprint density at radius 2 is 1.20 bits per heavy atom. The zero-order valence-electron chi connectivity index (χ0n) is 18.0. The van der Waals surface area contributed by atoms with E-state index in [9.17, 15) is 4.79 Å². The minimum Gasteiger partial charge on any atom is -0.493 e. The molecule has 2 aromatic carbocycles. The van der Waals surface area contributed by atoms with Gasteiger partial charge in [0.25, 0.3) is 0 Å². The molecule has 0 spiro atoms. The molecule has 0 bridgehead atoms. The van der Waals surface area contributed by atoms with Crippen molar-refractivity contribution in [2.45, 2.75) is 6.92 Å². The van der Waals surface area contributed by atoms with E-state index >= 15 is 0 Å². The minimum atomic E-state index is -0.323. The number of ether oxygens (including phenoxy) is 6. The van der Waals surface area contributed by atoms with Crippen LogP contribution in [-0.4, -0.2) is 42.7 Å². The first-order chi connectivity index (χ1) is 14.4. The lowest BCUT2D eigenvalue weighted by molar-refractivity contribution is 0.307. The highest BCUT2D eigenvalue weighted by atomic mass is 16.5. The van der Waals surface area contributed by atoms with Crippen molar-refractivity contribution in [2.24, 2.45) is 0 Å². The largest absolute Gasteiger partial charge is 0.493 e. The zero-order valence-corrected chi connectivity index (χ0v) is 18.0. The smallest absolute Gasteiger partial charge is 0.211 e. The standard InChI is InChI=1S/C22H24O8/c1-11-8-15(24-2)16(25-3)9-12(11)14-10-13(23)17-18(26-4)20(27-5)22(29-7)21(28-6)19(17)30-14/h8-10H,1-7H3. The molecule has 8 nitrogen and oxygen atoms in total. The van der Waals surface area contributed by atoms with Crippen molar-refractivity contribution in [3.63, 3.8) is 0 Å². The van der Waals surface area contributed by atoms with E-state index in [1.807, 2.05) is 13.0 Å². The second kappa shape index (κ2) is 8.44. The van der Waals surface area contributed by atoms with Crippen LogP contribution in [0.4, 0.5) is 0 Å². The number of benzene rings is 2. The number of aryl methyl sites for hydroxylation is 1. The zero-order chi connectivity index (χ0) is 22.0. The summed E-state index contributed by atoms with van der Waals surface area (Å²) in [5, 5.41) is 0.189. The fourth-order valence-electron chi connectivity index (χ4n) is 3.42. The predicted molar refractivity (Wildman–Crippen MR) is 112 cm³/mol. The average Bonchev–Trinajstić information content (AvgIpc) is 2.76. The maximum absolute atomic E-state index is 13.1. The molecule has 30 heavy (non-hydrogen) atoms. The van der Waals surface area contributed by atoms with Crippen molar-refractivity contribution in [3.05, 3.63) is 34.0 Å². The predicted octanol–water partition coefficient (Wildman–Crippen LogP) is 3.82. The summed E-state index contributed by atoms with van der Waals surface area (Å²) < 4.78 is 38.7. The van der Waals surface area contributed by atoms with Crippen molar-refractivity contribution in [1.82, 2.24) is 0 Å². The van der Waals surface area contributed by atoms with Crippen LogP contribution in [0.2, 0.25) is 0 Å². The molecule has 3 aromatic rings. The topological polar surface area (TPSA) is 85.6 Å². The number of hydrogen-bond donors (Lipinski definition) is 0. The first-order valence-corrected chi connectivity index (χ1v) is 9.02. The molecule has 160 valence electrons. The maximum Gasteiger partial charge on any atom is 0.211 e. The Labute approximate surface area is 173 Å². The van der Waals surface area contributed by atoms with Gasteiger partial charge in [-0.3, -0.25) is 4.79 Å². The van der Waals surface area contributed by atoms with Crippen molar-refractivity contribution in [3.8, 4) is 45.8 Å². The summed E-state index contributed by atoms with van der Waals surface area (Å²) >= 11 is 0. The van der Waals surface area contributed by atoms with Crippen LogP contribution in [0.5, 0.6) is 34.5 Å². The lowest BCUT2D eigenvalue weighted by atomic mass is 10.0. The van der Waals surface area contributed by atoms with Gasteiger partial charge < -0.3 is 32.8 Å². The normalized spacial score (nSPS) is 10.6. The third kappa shape index (κ3) is 3.24. The quantitative estimate of drug-likeness (QED) is 0.575. The fourth-order valence-corrected chi connectivity index (χ4v) is 3.42. The van der Waals surface area contributed by atoms with Crippen molar-refractivity contribution < 1.29 is 32.8 Å². The summed E-state index contributed by atoms with van der Waals surface area (Å²) in [6, 6.07) is 4.96. The average molecular weight is 416 g/mol. The molecule has 0 atom stereocenters. The third-order valence-electron chi connectivity index (χ3n) is 4.81. The number of hydrogen-bond acceptors (Lipinski definition) is 8. The van der Waals surface area contributed by atoms with Gasteiger partial charge in [0, 0.05) is 11.6 Å². The molecular formula is C22H24O8. The molecule has 0 aliphatic carbocycles. The van der Waals surface area contributed by atoms with Crippen molar-refractivity contribution in [2.75, 3.05) is 42.7 Å². The lowest BCUT2D eigenvalue weighted by Crippen LogP contribution is -2.07. The molecule has 0 aliphatic heterocycles. The highest BCUT2D eigenvalue weighted by molar-refractivity contribution is 5.95. The fraction of sp³-hybridized carbons (Fsp3) is 0.318. The molecule has 0 saturated heterocycles. The van der Waals surface area contributed by atoms with Gasteiger partial charge in [0.15, 0.2) is 28.3 Å². The van der Waals surface area contributed by atoms with E-state index in [0.29, 0.717) is 22.8 Å². The van der Waals surface area contributed by atoms with Gasteiger partial charge >= 0.3 is 0 Å². The first kappa shape index (κ1) is 21.2. The van der Waals surface area contributed by atoms with Crippen LogP contribution in [0.25, 0.3) is 22.3 Å². The summed E-state index contributed by atoms with van der Waals surface area (Å²) in [5.41, 5.74) is 1.37. The Kier molecular flexibility index (Phi) is 5.96. The highest BCUT2D eigenvalue weighted by Gasteiger charge is 2.27. The van der Waals surface area contributed by atoms with Crippen LogP contribution in [0, 0.1) is 6.92 Å². The Balaban J connectivity index is 2.43. The van der Waals surface area contributed by atoms with Gasteiger partial charge in [-0.1, -0.05) is 0 Å². The van der Waals surface area contributed by atoms with Crippen LogP contribution in [0.3, 0.4) is 0 Å². The third-order valence-corrected chi connectivity index (χ3v) is 4.81. The monoisotopic (exact) mass is 416 g/mol. The second-order valence-electron chi connectivity index (χ2n) is 6.33. The van der Waals surface area contributed by atoms with Crippen molar-refractivity contribution in [1.29, 1.82) is 0 Å². The molecular weight excluding hydrogens is 392 g/mol. The van der Waals surface area contributed by atoms with Gasteiger partial charge in [-0.25, -0.2) is 0 Å². The Hall–Kier alpha value is -3.55. The Morgan fingerprint density at radius 1 is 0.667 bits per heavy atom. The van der Waals surface area contributed by atoms with Crippen LogP contribution < -0.4 is 33.8 Å². The van der Waals surface area contributed by atoms with Crippen LogP contribution in [-0.2, 0) is 0 Å². The number of fused-ring (bicyclic) bond motifs is 1. The second-order valence-corrected chi connectivity index (χ2v) is 6.33. The molecule has 0 N–H and O–H groups in total. The molecule has 8 heteroatoms. The molecule has 0 fully saturated rings. The van der Waals surface area contributed by atoms with Gasteiger partial charge in [0.2, 0.25) is 17.2 Å². The molecule has 0 radical (unpaired) electrons. The molecule has 0 unspecified atom stereocenters. The molecule has 0 saturated carbocycles. The van der Waals surface area contributed by atoms with Crippen LogP contribution in [0.1, 0.15) is 5.56 Å². The van der Waals surface area contributed by atoms with E-state index in [1.54, 1.807) is 20.3 Å². The Bertz CT molecular complexity index is 1150. The molecule has 0 amide bonds. The van der Waals surface area contributed by atoms with E-state index in [4.69, 9.17) is 32.8 Å². The lowest BCUT2D eigenvalue weighted by Gasteiger charge is -2.18. The minimum absolute atomic E-state index is 0.184. The van der Waals surface area contributed by atoms with Gasteiger partial charge in [0.05, 0.1) is 42.7 Å². The Morgan fingerprint density at radius 3 is 1.73 bits per heavy atom. The van der Waals surface area contributed by atoms with Gasteiger partial charge in [-0.15, -0.1) is 0 Å². The van der Waals surface area contributed by atoms with E-state index in [0.717, 1.165) is 5.56 Å². The number of methoxy groups -OCH3 is 6. The molecule has 3 rings (SSSR count). The summed E-state index contributed by atoms with van der Waals surface area (Å²) in [5.74, 6) is 2.35. The van der Waals surface area contributed by atoms with Crippen LogP contribution in [0.15, 0.2) is 27.4 Å². The molecule has 1 aromatic heterocycles. The van der Waals surface area contributed by atoms with Crippen molar-refractivity contribution >= 4 is 11.0 Å². The van der Waals surface area contributed by atoms with E-state index in [2.05, 4.69) is 0 Å². The van der Waals surface area contributed by atoms with Crippen LogP contribution >= 0.6 is 0 Å². The first-order valence-electron chi connectivity index (χ1n) is 9.02. The number of rotatable bonds is 7. The summed E-state index contributed by atoms with van der Waals surface area (Å²) in [4.78, 5) is 13.1. The van der Waals surface area contributed by atoms with E-state index in [-0.39, 0.29) is 39.4 Å². The van der Waals surface area contributed by atoms with E-state index in [1.165, 1.54) is 34.5 Å². The summed E-state index contributed by atoms with van der Waals surface area (Å²) in [7, 11) is 8.91. The summed E-state index contributed by atoms with van der Waals surface area (Å²) in [6.45, 7) is 1.88.